The Morgan fingerprint density at radius 1 is 1.38 bits per heavy atom. The number of nitrogens with one attached hydrogen (secondary N) is 1. The van der Waals surface area contributed by atoms with Crippen molar-refractivity contribution in [2.75, 3.05) is 6.54 Å². The second-order valence-corrected chi connectivity index (χ2v) is 6.15. The number of thiophene rings is 1. The lowest BCUT2D eigenvalue weighted by molar-refractivity contribution is 0.0955. The number of rotatable bonds is 4. The summed E-state index contributed by atoms with van der Waals surface area (Å²) >= 11 is 2.75. The zero-order valence-corrected chi connectivity index (χ0v) is 12.8. The summed E-state index contributed by atoms with van der Waals surface area (Å²) in [6.07, 6.45) is 1.52. The van der Waals surface area contributed by atoms with Crippen LogP contribution in [0, 0.1) is 6.92 Å². The number of thiazole rings is 1. The van der Waals surface area contributed by atoms with E-state index >= 15 is 0 Å². The molecule has 8 heteroatoms. The average Bonchev–Trinajstić information content (AvgIpc) is 3.10. The Balaban J connectivity index is 1.67. The molecule has 21 heavy (non-hydrogen) atoms. The van der Waals surface area contributed by atoms with Gasteiger partial charge in [0.25, 0.3) is 11.5 Å². The van der Waals surface area contributed by atoms with Gasteiger partial charge in [-0.25, -0.2) is 9.97 Å². The maximum absolute atomic E-state index is 12.2. The van der Waals surface area contributed by atoms with Crippen molar-refractivity contribution >= 4 is 38.8 Å². The van der Waals surface area contributed by atoms with Gasteiger partial charge in [-0.3, -0.25) is 14.2 Å². The van der Waals surface area contributed by atoms with Crippen LogP contribution < -0.4 is 10.9 Å². The van der Waals surface area contributed by atoms with Gasteiger partial charge in [0, 0.05) is 13.1 Å². The summed E-state index contributed by atoms with van der Waals surface area (Å²) in [6, 6.07) is 1.77. The summed E-state index contributed by atoms with van der Waals surface area (Å²) in [4.78, 5) is 33.7. The molecule has 0 aliphatic carbocycles. The lowest BCUT2D eigenvalue weighted by Gasteiger charge is -2.06. The highest BCUT2D eigenvalue weighted by atomic mass is 32.1. The monoisotopic (exact) mass is 320 g/mol. The topological polar surface area (TPSA) is 76.9 Å². The largest absolute Gasteiger partial charge is 0.349 e. The molecule has 3 rings (SSSR count). The van der Waals surface area contributed by atoms with Crippen molar-refractivity contribution in [1.29, 1.82) is 0 Å². The molecule has 6 nitrogen and oxygen atoms in total. The molecule has 0 bridgehead atoms. The summed E-state index contributed by atoms with van der Waals surface area (Å²) in [6.45, 7) is 2.55. The summed E-state index contributed by atoms with van der Waals surface area (Å²) in [5.41, 5.74) is 2.28. The zero-order valence-electron chi connectivity index (χ0n) is 11.2. The minimum atomic E-state index is -0.160. The van der Waals surface area contributed by atoms with Gasteiger partial charge < -0.3 is 5.32 Å². The van der Waals surface area contributed by atoms with Crippen LogP contribution in [-0.4, -0.2) is 27.0 Å². The molecule has 0 aliphatic heterocycles. The van der Waals surface area contributed by atoms with Gasteiger partial charge in [0.15, 0.2) is 0 Å². The van der Waals surface area contributed by atoms with E-state index in [1.807, 2.05) is 5.38 Å². The fourth-order valence-electron chi connectivity index (χ4n) is 1.94. The number of nitrogens with zero attached hydrogens (tertiary/aromatic N) is 3. The molecule has 3 aromatic rings. The first-order valence-electron chi connectivity index (χ1n) is 6.28. The third-order valence-corrected chi connectivity index (χ3v) is 4.79. The van der Waals surface area contributed by atoms with E-state index in [1.165, 1.54) is 33.6 Å². The Kier molecular flexibility index (Phi) is 3.80. The SMILES string of the molecule is Cc1ncsc1C(=O)NCCn1cnc2sccc2c1=O. The van der Waals surface area contributed by atoms with E-state index in [1.54, 1.807) is 18.5 Å². The third kappa shape index (κ3) is 2.72. The van der Waals surface area contributed by atoms with Gasteiger partial charge in [-0.15, -0.1) is 22.7 Å². The Labute approximate surface area is 128 Å². The van der Waals surface area contributed by atoms with Gasteiger partial charge in [-0.2, -0.15) is 0 Å². The Morgan fingerprint density at radius 2 is 2.24 bits per heavy atom. The van der Waals surface area contributed by atoms with E-state index in [9.17, 15) is 9.59 Å². The highest BCUT2D eigenvalue weighted by molar-refractivity contribution is 7.16. The number of amides is 1. The van der Waals surface area contributed by atoms with Crippen LogP contribution in [0.2, 0.25) is 0 Å². The van der Waals surface area contributed by atoms with Crippen LogP contribution in [0.3, 0.4) is 0 Å². The van der Waals surface area contributed by atoms with Crippen LogP contribution in [-0.2, 0) is 6.54 Å². The van der Waals surface area contributed by atoms with E-state index in [-0.39, 0.29) is 11.5 Å². The first-order chi connectivity index (χ1) is 10.2. The molecular weight excluding hydrogens is 308 g/mol. The smallest absolute Gasteiger partial charge is 0.263 e. The first-order valence-corrected chi connectivity index (χ1v) is 8.03. The summed E-state index contributed by atoms with van der Waals surface area (Å²) in [7, 11) is 0. The number of carbonyl (C=O) groups is 1. The predicted molar refractivity (Wildman–Crippen MR) is 83.1 cm³/mol. The number of aryl methyl sites for hydroxylation is 1. The predicted octanol–water partition coefficient (Wildman–Crippen LogP) is 1.65. The minimum absolute atomic E-state index is 0.0792. The molecule has 0 spiro atoms. The zero-order chi connectivity index (χ0) is 14.8. The molecule has 3 heterocycles. The number of aromatic nitrogens is 3. The molecule has 0 aromatic carbocycles. The minimum Gasteiger partial charge on any atom is -0.349 e. The Bertz CT molecular complexity index is 849. The van der Waals surface area contributed by atoms with E-state index < -0.39 is 0 Å². The van der Waals surface area contributed by atoms with Crippen molar-refractivity contribution in [3.63, 3.8) is 0 Å². The van der Waals surface area contributed by atoms with Crippen molar-refractivity contribution in [3.05, 3.63) is 44.2 Å². The van der Waals surface area contributed by atoms with E-state index in [0.29, 0.717) is 23.4 Å². The quantitative estimate of drug-likeness (QED) is 0.793. The average molecular weight is 320 g/mol. The van der Waals surface area contributed by atoms with E-state index in [4.69, 9.17) is 0 Å². The molecular formula is C13H12N4O2S2. The van der Waals surface area contributed by atoms with Gasteiger partial charge in [-0.1, -0.05) is 0 Å². The van der Waals surface area contributed by atoms with Crippen molar-refractivity contribution < 1.29 is 4.79 Å². The van der Waals surface area contributed by atoms with Crippen molar-refractivity contribution in [1.82, 2.24) is 19.9 Å². The Morgan fingerprint density at radius 3 is 3.00 bits per heavy atom. The molecule has 3 aromatic heterocycles. The normalized spacial score (nSPS) is 10.9. The summed E-state index contributed by atoms with van der Waals surface area (Å²) in [5.74, 6) is -0.160. The van der Waals surface area contributed by atoms with Crippen LogP contribution in [0.5, 0.6) is 0 Å². The molecule has 108 valence electrons. The van der Waals surface area contributed by atoms with Crippen LogP contribution in [0.1, 0.15) is 15.4 Å². The van der Waals surface area contributed by atoms with Crippen LogP contribution >= 0.6 is 22.7 Å². The number of fused-ring (bicyclic) bond motifs is 1. The highest BCUT2D eigenvalue weighted by Gasteiger charge is 2.11. The van der Waals surface area contributed by atoms with Gasteiger partial charge in [0.1, 0.15) is 9.71 Å². The third-order valence-electron chi connectivity index (χ3n) is 3.04. The fourth-order valence-corrected chi connectivity index (χ4v) is 3.38. The van der Waals surface area contributed by atoms with Crippen molar-refractivity contribution in [3.8, 4) is 0 Å². The lowest BCUT2D eigenvalue weighted by atomic mass is 10.3. The molecule has 0 saturated carbocycles. The fraction of sp³-hybridized carbons (Fsp3) is 0.231. The number of carbonyl (C=O) groups excluding carboxylic acids is 1. The maximum atomic E-state index is 12.2. The number of hydrogen-bond acceptors (Lipinski definition) is 6. The Hall–Kier alpha value is -2.06. The van der Waals surface area contributed by atoms with Gasteiger partial charge in [0.2, 0.25) is 0 Å². The molecule has 0 saturated heterocycles. The highest BCUT2D eigenvalue weighted by Crippen LogP contribution is 2.13. The second-order valence-electron chi connectivity index (χ2n) is 4.41. The van der Waals surface area contributed by atoms with Gasteiger partial charge in [0.05, 0.1) is 22.9 Å². The summed E-state index contributed by atoms with van der Waals surface area (Å²) < 4.78 is 1.51. The standard InChI is InChI=1S/C13H12N4O2S2/c1-8-10(21-7-16-8)11(18)14-3-4-17-6-15-12-9(13(17)19)2-5-20-12/h2,5-7H,3-4H2,1H3,(H,14,18). The van der Waals surface area contributed by atoms with Gasteiger partial charge in [-0.05, 0) is 18.4 Å². The molecule has 1 amide bonds. The molecule has 0 atom stereocenters. The molecule has 0 radical (unpaired) electrons. The van der Waals surface area contributed by atoms with Crippen LogP contribution in [0.4, 0.5) is 0 Å². The molecule has 0 fully saturated rings. The number of hydrogen-bond donors (Lipinski definition) is 1. The molecule has 0 unspecified atom stereocenters. The molecule has 1 N–H and O–H groups in total. The summed E-state index contributed by atoms with van der Waals surface area (Å²) in [5, 5.41) is 5.25. The molecule has 0 aliphatic rings. The lowest BCUT2D eigenvalue weighted by Crippen LogP contribution is -2.30. The van der Waals surface area contributed by atoms with Crippen LogP contribution in [0.15, 0.2) is 28.1 Å². The van der Waals surface area contributed by atoms with E-state index in [2.05, 4.69) is 15.3 Å². The second kappa shape index (κ2) is 5.74. The van der Waals surface area contributed by atoms with E-state index in [0.717, 1.165) is 10.5 Å². The van der Waals surface area contributed by atoms with Crippen molar-refractivity contribution in [2.24, 2.45) is 0 Å². The maximum Gasteiger partial charge on any atom is 0.263 e. The first kappa shape index (κ1) is 13.9. The van der Waals surface area contributed by atoms with Crippen LogP contribution in [0.25, 0.3) is 10.2 Å². The van der Waals surface area contributed by atoms with Gasteiger partial charge >= 0.3 is 0 Å². The van der Waals surface area contributed by atoms with Crippen molar-refractivity contribution in [2.45, 2.75) is 13.5 Å².